The molecule has 1 fully saturated rings. The molecular weight excluding hydrogens is 210 g/mol. The molecule has 2 N–H and O–H groups in total. The van der Waals surface area contributed by atoms with Gasteiger partial charge in [0.05, 0.1) is 0 Å². The van der Waals surface area contributed by atoms with Gasteiger partial charge in [-0.2, -0.15) is 0 Å². The van der Waals surface area contributed by atoms with E-state index in [0.29, 0.717) is 0 Å². The molecule has 0 bridgehead atoms. The van der Waals surface area contributed by atoms with Crippen molar-refractivity contribution >= 4 is 0 Å². The van der Waals surface area contributed by atoms with Crippen molar-refractivity contribution in [3.05, 3.63) is 29.3 Å². The topological polar surface area (TPSA) is 35.2 Å². The maximum absolute atomic E-state index is 6.27. The number of ether oxygens (including phenoxy) is 1. The zero-order valence-corrected chi connectivity index (χ0v) is 11.3. The van der Waals surface area contributed by atoms with Crippen LogP contribution < -0.4 is 10.5 Å². The summed E-state index contributed by atoms with van der Waals surface area (Å²) < 4.78 is 6.11. The highest BCUT2D eigenvalue weighted by atomic mass is 16.5. The fourth-order valence-electron chi connectivity index (χ4n) is 2.49. The molecule has 0 aliphatic heterocycles. The van der Waals surface area contributed by atoms with Crippen LogP contribution in [0.3, 0.4) is 0 Å². The van der Waals surface area contributed by atoms with E-state index in [4.69, 9.17) is 10.5 Å². The minimum Gasteiger partial charge on any atom is -0.489 e. The van der Waals surface area contributed by atoms with Crippen molar-refractivity contribution in [1.29, 1.82) is 0 Å². The molecule has 2 nitrogen and oxygen atoms in total. The Morgan fingerprint density at radius 2 is 2.00 bits per heavy atom. The zero-order valence-electron chi connectivity index (χ0n) is 11.3. The predicted octanol–water partition coefficient (Wildman–Crippen LogP) is 3.20. The van der Waals surface area contributed by atoms with Gasteiger partial charge in [0.15, 0.2) is 0 Å². The van der Waals surface area contributed by atoms with Gasteiger partial charge < -0.3 is 10.5 Å². The van der Waals surface area contributed by atoms with Crippen LogP contribution >= 0.6 is 0 Å². The van der Waals surface area contributed by atoms with Crippen LogP contribution in [0, 0.1) is 19.3 Å². The summed E-state index contributed by atoms with van der Waals surface area (Å²) in [6.07, 6.45) is 2.36. The van der Waals surface area contributed by atoms with Crippen LogP contribution in [0.4, 0.5) is 0 Å². The quantitative estimate of drug-likeness (QED) is 0.851. The smallest absolute Gasteiger partial charge is 0.122 e. The minimum atomic E-state index is 0.127. The van der Waals surface area contributed by atoms with E-state index in [0.717, 1.165) is 18.6 Å². The summed E-state index contributed by atoms with van der Waals surface area (Å²) in [6, 6.07) is 6.45. The Hall–Kier alpha value is -1.02. The fraction of sp³-hybridized carbons (Fsp3) is 0.600. The number of aryl methyl sites for hydroxylation is 2. The van der Waals surface area contributed by atoms with Crippen LogP contribution in [0.5, 0.6) is 5.75 Å². The Bertz CT molecular complexity index is 411. The summed E-state index contributed by atoms with van der Waals surface area (Å²) in [4.78, 5) is 0. The molecule has 0 radical (unpaired) electrons. The average Bonchev–Trinajstić information content (AvgIpc) is 2.51. The Balaban J connectivity index is 2.14. The predicted molar refractivity (Wildman–Crippen MR) is 71.3 cm³/mol. The van der Waals surface area contributed by atoms with Crippen LogP contribution in [-0.2, 0) is 0 Å². The maximum atomic E-state index is 6.27. The molecule has 94 valence electrons. The Morgan fingerprint density at radius 1 is 1.29 bits per heavy atom. The van der Waals surface area contributed by atoms with E-state index in [9.17, 15) is 0 Å². The second-order valence-electron chi connectivity index (χ2n) is 5.98. The summed E-state index contributed by atoms with van der Waals surface area (Å²) in [5, 5.41) is 0. The van der Waals surface area contributed by atoms with E-state index >= 15 is 0 Å². The third-order valence-corrected chi connectivity index (χ3v) is 4.00. The van der Waals surface area contributed by atoms with Gasteiger partial charge in [0.25, 0.3) is 0 Å². The van der Waals surface area contributed by atoms with Gasteiger partial charge in [0.2, 0.25) is 0 Å². The second kappa shape index (κ2) is 4.34. The lowest BCUT2D eigenvalue weighted by Crippen LogP contribution is -2.42. The minimum absolute atomic E-state index is 0.127. The summed E-state index contributed by atoms with van der Waals surface area (Å²) in [5.74, 6) is 0.989. The first-order chi connectivity index (χ1) is 7.90. The Kier molecular flexibility index (Phi) is 3.17. The number of benzene rings is 1. The molecule has 2 rings (SSSR count). The molecule has 1 aromatic carbocycles. The monoisotopic (exact) mass is 233 g/mol. The van der Waals surface area contributed by atoms with Crippen molar-refractivity contribution < 1.29 is 4.74 Å². The van der Waals surface area contributed by atoms with Gasteiger partial charge in [0, 0.05) is 6.04 Å². The fourth-order valence-corrected chi connectivity index (χ4v) is 2.49. The normalized spacial score (nSPS) is 27.1. The van der Waals surface area contributed by atoms with Gasteiger partial charge in [-0.3, -0.25) is 0 Å². The van der Waals surface area contributed by atoms with E-state index in [1.165, 1.54) is 11.1 Å². The van der Waals surface area contributed by atoms with E-state index in [2.05, 4.69) is 45.9 Å². The average molecular weight is 233 g/mol. The van der Waals surface area contributed by atoms with Gasteiger partial charge in [-0.15, -0.1) is 0 Å². The third-order valence-electron chi connectivity index (χ3n) is 4.00. The molecule has 0 saturated heterocycles. The molecule has 0 heterocycles. The molecule has 1 aromatic rings. The van der Waals surface area contributed by atoms with Crippen LogP contribution in [0.15, 0.2) is 18.2 Å². The van der Waals surface area contributed by atoms with E-state index in [-0.39, 0.29) is 17.6 Å². The van der Waals surface area contributed by atoms with Crippen molar-refractivity contribution in [3.8, 4) is 5.75 Å². The number of hydrogen-bond donors (Lipinski definition) is 1. The van der Waals surface area contributed by atoms with Crippen LogP contribution in [0.2, 0.25) is 0 Å². The summed E-state index contributed by atoms with van der Waals surface area (Å²) in [5.41, 5.74) is 8.88. The lowest BCUT2D eigenvalue weighted by atomic mass is 9.88. The first-order valence-electron chi connectivity index (χ1n) is 6.40. The van der Waals surface area contributed by atoms with Crippen molar-refractivity contribution in [2.45, 2.75) is 52.7 Å². The van der Waals surface area contributed by atoms with E-state index in [1.54, 1.807) is 0 Å². The van der Waals surface area contributed by atoms with Crippen molar-refractivity contribution in [3.63, 3.8) is 0 Å². The Labute approximate surface area is 104 Å². The molecular formula is C15H23NO. The molecule has 1 aliphatic rings. The van der Waals surface area contributed by atoms with E-state index < -0.39 is 0 Å². The first kappa shape index (κ1) is 12.4. The van der Waals surface area contributed by atoms with Gasteiger partial charge in [0.1, 0.15) is 11.9 Å². The number of rotatable bonds is 2. The standard InChI is InChI=1S/C15H23NO/c1-10-5-6-11(2)13(9-10)17-12-7-8-15(3,4)14(12)16/h5-6,9,12,14H,7-8,16H2,1-4H3. The molecule has 1 aliphatic carbocycles. The van der Waals surface area contributed by atoms with Gasteiger partial charge in [-0.25, -0.2) is 0 Å². The molecule has 0 amide bonds. The first-order valence-corrected chi connectivity index (χ1v) is 6.40. The highest BCUT2D eigenvalue weighted by Gasteiger charge is 2.40. The number of hydrogen-bond acceptors (Lipinski definition) is 2. The highest BCUT2D eigenvalue weighted by Crippen LogP contribution is 2.38. The maximum Gasteiger partial charge on any atom is 0.122 e. The Morgan fingerprint density at radius 3 is 2.59 bits per heavy atom. The molecule has 1 saturated carbocycles. The van der Waals surface area contributed by atoms with Gasteiger partial charge in [-0.1, -0.05) is 26.0 Å². The SMILES string of the molecule is Cc1ccc(C)c(OC2CCC(C)(C)C2N)c1. The number of nitrogens with two attached hydrogens (primary N) is 1. The lowest BCUT2D eigenvalue weighted by molar-refractivity contribution is 0.164. The molecule has 0 aromatic heterocycles. The molecule has 2 atom stereocenters. The van der Waals surface area contributed by atoms with Crippen LogP contribution in [0.25, 0.3) is 0 Å². The van der Waals surface area contributed by atoms with Crippen molar-refractivity contribution in [2.75, 3.05) is 0 Å². The van der Waals surface area contributed by atoms with Crippen molar-refractivity contribution in [1.82, 2.24) is 0 Å². The molecule has 17 heavy (non-hydrogen) atoms. The lowest BCUT2D eigenvalue weighted by Gasteiger charge is -2.27. The van der Waals surface area contributed by atoms with Crippen LogP contribution in [0.1, 0.15) is 37.8 Å². The van der Waals surface area contributed by atoms with Gasteiger partial charge in [-0.05, 0) is 49.3 Å². The molecule has 2 unspecified atom stereocenters. The molecule has 0 spiro atoms. The zero-order chi connectivity index (χ0) is 12.6. The van der Waals surface area contributed by atoms with E-state index in [1.807, 2.05) is 0 Å². The van der Waals surface area contributed by atoms with Crippen molar-refractivity contribution in [2.24, 2.45) is 11.1 Å². The summed E-state index contributed by atoms with van der Waals surface area (Å²) in [6.45, 7) is 8.62. The highest BCUT2D eigenvalue weighted by molar-refractivity contribution is 5.36. The van der Waals surface area contributed by atoms with Crippen LogP contribution in [-0.4, -0.2) is 12.1 Å². The summed E-state index contributed by atoms with van der Waals surface area (Å²) in [7, 11) is 0. The summed E-state index contributed by atoms with van der Waals surface area (Å²) >= 11 is 0. The third kappa shape index (κ3) is 2.47. The largest absolute Gasteiger partial charge is 0.489 e. The van der Waals surface area contributed by atoms with Gasteiger partial charge >= 0.3 is 0 Å². The molecule has 2 heteroatoms. The second-order valence-corrected chi connectivity index (χ2v) is 5.98.